The average molecular weight is 478 g/mol. The molecule has 2 N–H and O–H groups in total. The summed E-state index contributed by atoms with van der Waals surface area (Å²) in [6.07, 6.45) is 3.50. The minimum Gasteiger partial charge on any atom is -0.480 e. The number of hydrogen-bond donors (Lipinski definition) is 2. The maximum atomic E-state index is 12.3. The zero-order chi connectivity index (χ0) is 16.3. The van der Waals surface area contributed by atoms with E-state index in [1.54, 1.807) is 36.3 Å². The monoisotopic (exact) mass is 477 g/mol. The fraction of sp³-hybridized carbons (Fsp3) is 0.214. The first-order chi connectivity index (χ1) is 10.4. The summed E-state index contributed by atoms with van der Waals surface area (Å²) in [6, 6.07) is 4.27. The van der Waals surface area contributed by atoms with Crippen molar-refractivity contribution < 1.29 is 14.7 Å². The van der Waals surface area contributed by atoms with Crippen LogP contribution in [0.25, 0.3) is 0 Å². The molecule has 8 heteroatoms. The van der Waals surface area contributed by atoms with E-state index in [2.05, 4.69) is 26.3 Å². The topological polar surface area (TPSA) is 84.2 Å². The fourth-order valence-electron chi connectivity index (χ4n) is 1.92. The molecular formula is C14H13BrIN3O3. The number of benzene rings is 1. The van der Waals surface area contributed by atoms with Crippen molar-refractivity contribution in [3.8, 4) is 0 Å². The standard InChI is InChI=1S/C14H13BrIN3O3/c1-19-7-8(6-17-19)4-12(14(21)22)18-13(20)10-5-9(15)2-3-11(10)16/h2-3,5-7,12H,4H2,1H3,(H,18,20)(H,21,22). The number of nitrogens with zero attached hydrogens (tertiary/aromatic N) is 2. The second-order valence-corrected chi connectivity index (χ2v) is 6.79. The molecule has 0 aliphatic heterocycles. The van der Waals surface area contributed by atoms with Crippen molar-refractivity contribution in [1.82, 2.24) is 15.1 Å². The number of carboxylic acids is 1. The first-order valence-electron chi connectivity index (χ1n) is 6.33. The molecule has 1 atom stereocenters. The molecule has 0 saturated heterocycles. The van der Waals surface area contributed by atoms with Gasteiger partial charge in [-0.2, -0.15) is 5.10 Å². The van der Waals surface area contributed by atoms with Gasteiger partial charge in [-0.25, -0.2) is 4.79 Å². The molecule has 2 aromatic rings. The molecule has 0 aliphatic carbocycles. The SMILES string of the molecule is Cn1cc(CC(NC(=O)c2cc(Br)ccc2I)C(=O)O)cn1. The molecule has 0 spiro atoms. The summed E-state index contributed by atoms with van der Waals surface area (Å²) < 4.78 is 3.11. The number of nitrogens with one attached hydrogen (secondary N) is 1. The van der Waals surface area contributed by atoms with Gasteiger partial charge in [-0.3, -0.25) is 9.48 Å². The van der Waals surface area contributed by atoms with Gasteiger partial charge in [0.25, 0.3) is 5.91 Å². The minimum atomic E-state index is -1.08. The summed E-state index contributed by atoms with van der Waals surface area (Å²) in [4.78, 5) is 23.7. The van der Waals surface area contributed by atoms with Crippen LogP contribution < -0.4 is 5.32 Å². The van der Waals surface area contributed by atoms with Gasteiger partial charge in [0.05, 0.1) is 11.8 Å². The highest BCUT2D eigenvalue weighted by molar-refractivity contribution is 14.1. The van der Waals surface area contributed by atoms with Crippen molar-refractivity contribution in [1.29, 1.82) is 0 Å². The van der Waals surface area contributed by atoms with E-state index < -0.39 is 17.9 Å². The summed E-state index contributed by atoms with van der Waals surface area (Å²) in [7, 11) is 1.75. The Kier molecular flexibility index (Phi) is 5.57. The highest BCUT2D eigenvalue weighted by Gasteiger charge is 2.22. The number of halogens is 2. The quantitative estimate of drug-likeness (QED) is 0.647. The van der Waals surface area contributed by atoms with Crippen LogP contribution in [0, 0.1) is 3.57 Å². The van der Waals surface area contributed by atoms with Crippen molar-refractivity contribution >= 4 is 50.4 Å². The molecule has 116 valence electrons. The van der Waals surface area contributed by atoms with Crippen molar-refractivity contribution in [3.05, 3.63) is 49.8 Å². The van der Waals surface area contributed by atoms with E-state index in [-0.39, 0.29) is 6.42 Å². The summed E-state index contributed by atoms with van der Waals surface area (Å²) in [5.74, 6) is -1.50. The minimum absolute atomic E-state index is 0.180. The number of carbonyl (C=O) groups is 2. The normalized spacial score (nSPS) is 12.0. The first-order valence-corrected chi connectivity index (χ1v) is 8.20. The van der Waals surface area contributed by atoms with Crippen LogP contribution in [0.15, 0.2) is 35.1 Å². The van der Waals surface area contributed by atoms with Crippen molar-refractivity contribution in [2.24, 2.45) is 7.05 Å². The van der Waals surface area contributed by atoms with E-state index in [1.165, 1.54) is 0 Å². The maximum Gasteiger partial charge on any atom is 0.326 e. The van der Waals surface area contributed by atoms with Crippen LogP contribution in [-0.4, -0.2) is 32.8 Å². The molecule has 0 fully saturated rings. The number of carbonyl (C=O) groups excluding carboxylic acids is 1. The number of hydrogen-bond acceptors (Lipinski definition) is 3. The van der Waals surface area contributed by atoms with Crippen LogP contribution in [0.2, 0.25) is 0 Å². The molecule has 0 saturated carbocycles. The molecule has 1 aromatic carbocycles. The van der Waals surface area contributed by atoms with Crippen LogP contribution in [0.4, 0.5) is 0 Å². The molecule has 22 heavy (non-hydrogen) atoms. The first kappa shape index (κ1) is 16.9. The van der Waals surface area contributed by atoms with Crippen molar-refractivity contribution in [2.75, 3.05) is 0 Å². The Morgan fingerprint density at radius 3 is 2.82 bits per heavy atom. The maximum absolute atomic E-state index is 12.3. The largest absolute Gasteiger partial charge is 0.480 e. The van der Waals surface area contributed by atoms with Crippen LogP contribution in [-0.2, 0) is 18.3 Å². The van der Waals surface area contributed by atoms with Crippen molar-refractivity contribution in [2.45, 2.75) is 12.5 Å². The second kappa shape index (κ2) is 7.23. The Morgan fingerprint density at radius 1 is 1.50 bits per heavy atom. The lowest BCUT2D eigenvalue weighted by atomic mass is 10.1. The summed E-state index contributed by atoms with van der Waals surface area (Å²) in [5.41, 5.74) is 1.19. The van der Waals surface area contributed by atoms with E-state index >= 15 is 0 Å². The average Bonchev–Trinajstić information content (AvgIpc) is 2.86. The Labute approximate surface area is 149 Å². The Morgan fingerprint density at radius 2 is 2.23 bits per heavy atom. The number of rotatable bonds is 5. The number of amides is 1. The van der Waals surface area contributed by atoms with E-state index in [9.17, 15) is 14.7 Å². The third-order valence-corrected chi connectivity index (χ3v) is 4.41. The lowest BCUT2D eigenvalue weighted by Gasteiger charge is -2.14. The molecule has 1 heterocycles. The van der Waals surface area contributed by atoms with E-state index in [1.807, 2.05) is 28.7 Å². The summed E-state index contributed by atoms with van der Waals surface area (Å²) in [5, 5.41) is 15.9. The lowest BCUT2D eigenvalue weighted by molar-refractivity contribution is -0.139. The molecule has 1 aromatic heterocycles. The smallest absolute Gasteiger partial charge is 0.326 e. The Bertz CT molecular complexity index is 717. The van der Waals surface area contributed by atoms with Gasteiger partial charge >= 0.3 is 5.97 Å². The number of carboxylic acid groups (broad SMARTS) is 1. The molecule has 6 nitrogen and oxygen atoms in total. The summed E-state index contributed by atoms with van der Waals surface area (Å²) in [6.45, 7) is 0. The third kappa shape index (κ3) is 4.29. The third-order valence-electron chi connectivity index (χ3n) is 2.97. The molecule has 1 unspecified atom stereocenters. The van der Waals surface area contributed by atoms with Gasteiger partial charge in [0, 0.05) is 27.7 Å². The predicted octanol–water partition coefficient (Wildman–Crippen LogP) is 2.21. The van der Waals surface area contributed by atoms with Crippen LogP contribution in [0.1, 0.15) is 15.9 Å². The zero-order valence-corrected chi connectivity index (χ0v) is 15.3. The van der Waals surface area contributed by atoms with Gasteiger partial charge in [0.1, 0.15) is 6.04 Å². The predicted molar refractivity (Wildman–Crippen MR) is 92.7 cm³/mol. The molecule has 2 rings (SSSR count). The van der Waals surface area contributed by atoms with E-state index in [4.69, 9.17) is 0 Å². The second-order valence-electron chi connectivity index (χ2n) is 4.71. The number of aliphatic carboxylic acids is 1. The zero-order valence-electron chi connectivity index (χ0n) is 11.6. The molecular weight excluding hydrogens is 465 g/mol. The summed E-state index contributed by atoms with van der Waals surface area (Å²) >= 11 is 5.35. The number of aryl methyl sites for hydroxylation is 1. The van der Waals surface area contributed by atoms with Crippen LogP contribution >= 0.6 is 38.5 Å². The van der Waals surface area contributed by atoms with Crippen LogP contribution in [0.5, 0.6) is 0 Å². The van der Waals surface area contributed by atoms with Gasteiger partial charge in [-0.1, -0.05) is 15.9 Å². The highest BCUT2D eigenvalue weighted by Crippen LogP contribution is 2.18. The van der Waals surface area contributed by atoms with Gasteiger partial charge < -0.3 is 10.4 Å². The van der Waals surface area contributed by atoms with Gasteiger partial charge in [0.15, 0.2) is 0 Å². The Hall–Kier alpha value is -1.42. The Balaban J connectivity index is 2.15. The molecule has 0 aliphatic rings. The lowest BCUT2D eigenvalue weighted by Crippen LogP contribution is -2.42. The number of aromatic nitrogens is 2. The van der Waals surface area contributed by atoms with Crippen molar-refractivity contribution in [3.63, 3.8) is 0 Å². The fourth-order valence-corrected chi connectivity index (χ4v) is 2.86. The van der Waals surface area contributed by atoms with Gasteiger partial charge in [-0.15, -0.1) is 0 Å². The van der Waals surface area contributed by atoms with Gasteiger partial charge in [-0.05, 0) is 46.4 Å². The van der Waals surface area contributed by atoms with E-state index in [0.29, 0.717) is 5.56 Å². The molecule has 0 radical (unpaired) electrons. The van der Waals surface area contributed by atoms with Gasteiger partial charge in [0.2, 0.25) is 0 Å². The van der Waals surface area contributed by atoms with Crippen LogP contribution in [0.3, 0.4) is 0 Å². The van der Waals surface area contributed by atoms with E-state index in [0.717, 1.165) is 13.6 Å². The molecule has 0 bridgehead atoms. The molecule has 1 amide bonds. The highest BCUT2D eigenvalue weighted by atomic mass is 127.